The van der Waals surface area contributed by atoms with E-state index in [0.717, 1.165) is 11.3 Å². The zero-order chi connectivity index (χ0) is 17.5. The first-order valence-corrected chi connectivity index (χ1v) is 7.97. The first-order chi connectivity index (χ1) is 10.6. The van der Waals surface area contributed by atoms with Crippen LogP contribution in [-0.2, 0) is 17.8 Å². The first kappa shape index (κ1) is 17.1. The van der Waals surface area contributed by atoms with Crippen LogP contribution in [0.25, 0.3) is 10.2 Å². The predicted octanol–water partition coefficient (Wildman–Crippen LogP) is 1.54. The molecule has 0 radical (unpaired) electrons. The number of aliphatic carboxylic acids is 1. The molecule has 124 valence electrons. The molecule has 8 heteroatoms. The van der Waals surface area contributed by atoms with Gasteiger partial charge in [0.1, 0.15) is 10.7 Å². The molecule has 0 fully saturated rings. The number of hydrogen-bond donors (Lipinski definition) is 2. The van der Waals surface area contributed by atoms with Gasteiger partial charge in [0, 0.05) is 13.0 Å². The molecule has 0 bridgehead atoms. The number of thiophene rings is 1. The SMILES string of the molecule is CCc1nc2sc(C(N)=O)c(C)c2c(=O)n1CC(C)(C)C(=O)O. The Hall–Kier alpha value is -2.22. The van der Waals surface area contributed by atoms with Gasteiger partial charge in [0.15, 0.2) is 0 Å². The van der Waals surface area contributed by atoms with Crippen LogP contribution in [0.3, 0.4) is 0 Å². The molecule has 1 amide bonds. The molecule has 7 nitrogen and oxygen atoms in total. The number of carbonyl (C=O) groups excluding carboxylic acids is 1. The van der Waals surface area contributed by atoms with Gasteiger partial charge in [-0.1, -0.05) is 6.92 Å². The molecule has 3 N–H and O–H groups in total. The number of fused-ring (bicyclic) bond motifs is 1. The average molecular weight is 337 g/mol. The lowest BCUT2D eigenvalue weighted by atomic mass is 9.93. The number of aromatic nitrogens is 2. The van der Waals surface area contributed by atoms with Crippen molar-refractivity contribution in [2.75, 3.05) is 0 Å². The smallest absolute Gasteiger partial charge is 0.310 e. The Morgan fingerprint density at radius 2 is 2.00 bits per heavy atom. The molecule has 0 saturated carbocycles. The third kappa shape index (κ3) is 2.86. The van der Waals surface area contributed by atoms with E-state index in [2.05, 4.69) is 4.98 Å². The van der Waals surface area contributed by atoms with Gasteiger partial charge in [-0.05, 0) is 26.3 Å². The van der Waals surface area contributed by atoms with Gasteiger partial charge < -0.3 is 10.8 Å². The minimum Gasteiger partial charge on any atom is -0.481 e. The normalized spacial score (nSPS) is 11.8. The van der Waals surface area contributed by atoms with E-state index in [1.165, 1.54) is 4.57 Å². The summed E-state index contributed by atoms with van der Waals surface area (Å²) in [6.07, 6.45) is 0.476. The Morgan fingerprint density at radius 1 is 1.39 bits per heavy atom. The molecule has 2 heterocycles. The van der Waals surface area contributed by atoms with Crippen LogP contribution in [0.2, 0.25) is 0 Å². The number of carboxylic acids is 1. The molecule has 2 aromatic rings. The number of rotatable bonds is 5. The number of primary amides is 1. The van der Waals surface area contributed by atoms with Gasteiger partial charge in [0.2, 0.25) is 0 Å². The molecule has 0 spiro atoms. The quantitative estimate of drug-likeness (QED) is 0.858. The molecule has 0 aromatic carbocycles. The largest absolute Gasteiger partial charge is 0.481 e. The van der Waals surface area contributed by atoms with E-state index in [4.69, 9.17) is 5.73 Å². The number of nitrogens with zero attached hydrogens (tertiary/aromatic N) is 2. The van der Waals surface area contributed by atoms with Crippen molar-refractivity contribution in [2.45, 2.75) is 40.7 Å². The highest BCUT2D eigenvalue weighted by atomic mass is 32.1. The highest BCUT2D eigenvalue weighted by molar-refractivity contribution is 7.20. The second-order valence-electron chi connectivity index (χ2n) is 6.06. The van der Waals surface area contributed by atoms with Crippen molar-refractivity contribution < 1.29 is 14.7 Å². The van der Waals surface area contributed by atoms with Gasteiger partial charge in [-0.2, -0.15) is 0 Å². The Labute approximate surface area is 136 Å². The third-order valence-corrected chi connectivity index (χ3v) is 5.00. The fraction of sp³-hybridized carbons (Fsp3) is 0.467. The summed E-state index contributed by atoms with van der Waals surface area (Å²) in [6.45, 7) is 6.61. The van der Waals surface area contributed by atoms with E-state index in [1.807, 2.05) is 6.92 Å². The van der Waals surface area contributed by atoms with Crippen LogP contribution in [0, 0.1) is 12.3 Å². The van der Waals surface area contributed by atoms with Crippen LogP contribution < -0.4 is 11.3 Å². The van der Waals surface area contributed by atoms with Crippen molar-refractivity contribution in [1.82, 2.24) is 9.55 Å². The fourth-order valence-corrected chi connectivity index (χ4v) is 3.43. The van der Waals surface area contributed by atoms with Crippen molar-refractivity contribution in [2.24, 2.45) is 11.1 Å². The molecular weight excluding hydrogens is 318 g/mol. The Balaban J connectivity index is 2.77. The van der Waals surface area contributed by atoms with Gasteiger partial charge >= 0.3 is 5.97 Å². The highest BCUT2D eigenvalue weighted by Crippen LogP contribution is 2.28. The maximum atomic E-state index is 12.8. The minimum atomic E-state index is -1.11. The van der Waals surface area contributed by atoms with Crippen molar-refractivity contribution in [3.63, 3.8) is 0 Å². The Kier molecular flexibility index (Phi) is 4.30. The monoisotopic (exact) mass is 337 g/mol. The summed E-state index contributed by atoms with van der Waals surface area (Å²) in [7, 11) is 0. The fourth-order valence-electron chi connectivity index (χ4n) is 2.39. The lowest BCUT2D eigenvalue weighted by molar-refractivity contribution is -0.147. The third-order valence-electron chi connectivity index (χ3n) is 3.80. The van der Waals surface area contributed by atoms with Crippen LogP contribution in [0.15, 0.2) is 4.79 Å². The van der Waals surface area contributed by atoms with Crippen molar-refractivity contribution in [3.8, 4) is 0 Å². The molecule has 2 aromatic heterocycles. The van der Waals surface area contributed by atoms with Crippen LogP contribution in [0.5, 0.6) is 0 Å². The van der Waals surface area contributed by atoms with Gasteiger partial charge in [-0.15, -0.1) is 11.3 Å². The summed E-state index contributed by atoms with van der Waals surface area (Å²) in [4.78, 5) is 40.9. The number of nitrogens with two attached hydrogens (primary N) is 1. The number of carbonyl (C=O) groups is 2. The molecule has 0 aliphatic heterocycles. The van der Waals surface area contributed by atoms with Gasteiger partial charge in [0.05, 0.1) is 15.7 Å². The standard InChI is InChI=1S/C15H19N3O4S/c1-5-8-17-12-9(7(2)10(23-12)11(16)19)13(20)18(8)6-15(3,4)14(21)22/h5-6H2,1-4H3,(H2,16,19)(H,21,22). The number of hydrogen-bond acceptors (Lipinski definition) is 5. The van der Waals surface area contributed by atoms with E-state index in [1.54, 1.807) is 20.8 Å². The van der Waals surface area contributed by atoms with Crippen molar-refractivity contribution in [3.05, 3.63) is 26.6 Å². The van der Waals surface area contributed by atoms with E-state index >= 15 is 0 Å². The van der Waals surface area contributed by atoms with Crippen LogP contribution in [-0.4, -0.2) is 26.5 Å². The second-order valence-corrected chi connectivity index (χ2v) is 7.06. The minimum absolute atomic E-state index is 0.00840. The first-order valence-electron chi connectivity index (χ1n) is 7.16. The second kappa shape index (κ2) is 5.77. The topological polar surface area (TPSA) is 115 Å². The van der Waals surface area contributed by atoms with E-state index in [0.29, 0.717) is 32.9 Å². The maximum absolute atomic E-state index is 12.8. The number of carboxylic acid groups (broad SMARTS) is 1. The van der Waals surface area contributed by atoms with E-state index < -0.39 is 17.3 Å². The lowest BCUT2D eigenvalue weighted by Crippen LogP contribution is -2.36. The Bertz CT molecular complexity index is 864. The molecule has 0 aliphatic rings. The maximum Gasteiger partial charge on any atom is 0.310 e. The van der Waals surface area contributed by atoms with Crippen LogP contribution >= 0.6 is 11.3 Å². The van der Waals surface area contributed by atoms with E-state index in [-0.39, 0.29) is 12.1 Å². The number of aryl methyl sites for hydroxylation is 2. The molecule has 23 heavy (non-hydrogen) atoms. The molecule has 0 saturated heterocycles. The van der Waals surface area contributed by atoms with Gasteiger partial charge in [0.25, 0.3) is 11.5 Å². The van der Waals surface area contributed by atoms with Crippen LogP contribution in [0.4, 0.5) is 0 Å². The number of amides is 1. The summed E-state index contributed by atoms with van der Waals surface area (Å²) >= 11 is 1.09. The summed E-state index contributed by atoms with van der Waals surface area (Å²) in [6, 6.07) is 0. The Morgan fingerprint density at radius 3 is 2.48 bits per heavy atom. The predicted molar refractivity (Wildman–Crippen MR) is 87.9 cm³/mol. The summed E-state index contributed by atoms with van der Waals surface area (Å²) in [5, 5.41) is 9.64. The van der Waals surface area contributed by atoms with Crippen molar-refractivity contribution in [1.29, 1.82) is 0 Å². The molecule has 0 unspecified atom stereocenters. The zero-order valence-corrected chi connectivity index (χ0v) is 14.3. The lowest BCUT2D eigenvalue weighted by Gasteiger charge is -2.22. The van der Waals surface area contributed by atoms with E-state index in [9.17, 15) is 19.5 Å². The van der Waals surface area contributed by atoms with Gasteiger partial charge in [-0.25, -0.2) is 4.98 Å². The molecule has 2 rings (SSSR count). The average Bonchev–Trinajstić information content (AvgIpc) is 2.78. The molecular formula is C15H19N3O4S. The zero-order valence-electron chi connectivity index (χ0n) is 13.5. The summed E-state index contributed by atoms with van der Waals surface area (Å²) in [5.74, 6) is -1.10. The molecule has 0 aliphatic carbocycles. The van der Waals surface area contributed by atoms with Crippen LogP contribution in [0.1, 0.15) is 41.8 Å². The van der Waals surface area contributed by atoms with Crippen molar-refractivity contribution >= 4 is 33.4 Å². The molecule has 0 atom stereocenters. The highest BCUT2D eigenvalue weighted by Gasteiger charge is 2.30. The van der Waals surface area contributed by atoms with Gasteiger partial charge in [-0.3, -0.25) is 19.0 Å². The summed E-state index contributed by atoms with van der Waals surface area (Å²) < 4.78 is 1.39. The summed E-state index contributed by atoms with van der Waals surface area (Å²) in [5.41, 5.74) is 4.39.